The number of aromatic nitrogens is 2. The molecule has 0 N–H and O–H groups in total. The number of piperazine rings is 1. The molecule has 1 amide bonds. The number of piperidine rings is 1. The lowest BCUT2D eigenvalue weighted by molar-refractivity contribution is 0.0601. The monoisotopic (exact) mass is 345 g/mol. The molecule has 1 aromatic heterocycles. The van der Waals surface area contributed by atoms with Crippen LogP contribution in [-0.4, -0.2) is 71.0 Å². The van der Waals surface area contributed by atoms with E-state index in [0.29, 0.717) is 17.6 Å². The third kappa shape index (κ3) is 4.11. The molecule has 138 valence electrons. The van der Waals surface area contributed by atoms with Gasteiger partial charge in [-0.15, -0.1) is 0 Å². The van der Waals surface area contributed by atoms with Crippen molar-refractivity contribution >= 4 is 11.7 Å². The van der Waals surface area contributed by atoms with E-state index >= 15 is 0 Å². The lowest BCUT2D eigenvalue weighted by atomic mass is 9.99. The van der Waals surface area contributed by atoms with Crippen molar-refractivity contribution < 1.29 is 4.79 Å². The van der Waals surface area contributed by atoms with Crippen molar-refractivity contribution in [1.29, 1.82) is 0 Å². The quantitative estimate of drug-likeness (QED) is 0.838. The molecule has 0 bridgehead atoms. The highest BCUT2D eigenvalue weighted by molar-refractivity contribution is 5.93. The van der Waals surface area contributed by atoms with Gasteiger partial charge in [0.15, 0.2) is 0 Å². The fourth-order valence-electron chi connectivity index (χ4n) is 3.96. The van der Waals surface area contributed by atoms with E-state index in [1.165, 1.54) is 6.42 Å². The van der Waals surface area contributed by atoms with Gasteiger partial charge in [-0.1, -0.05) is 13.8 Å². The van der Waals surface area contributed by atoms with Gasteiger partial charge in [-0.3, -0.25) is 4.79 Å². The van der Waals surface area contributed by atoms with E-state index in [1.807, 2.05) is 17.9 Å². The summed E-state index contributed by atoms with van der Waals surface area (Å²) in [6.07, 6.45) is 4.44. The molecular weight excluding hydrogens is 314 g/mol. The van der Waals surface area contributed by atoms with Gasteiger partial charge in [-0.2, -0.15) is 0 Å². The Labute approximate surface area is 151 Å². The molecule has 6 heteroatoms. The second-order valence-corrected chi connectivity index (χ2v) is 7.14. The predicted octanol–water partition coefficient (Wildman–Crippen LogP) is 2.33. The molecule has 1 atom stereocenters. The molecule has 1 aromatic rings. The topological polar surface area (TPSA) is 52.6 Å². The molecular formula is C19H31N5O. The van der Waals surface area contributed by atoms with Gasteiger partial charge in [0.1, 0.15) is 17.3 Å². The number of hydrogen-bond acceptors (Lipinski definition) is 5. The molecule has 2 aliphatic heterocycles. The predicted molar refractivity (Wildman–Crippen MR) is 100 cm³/mol. The normalized spacial score (nSPS) is 22.3. The van der Waals surface area contributed by atoms with Crippen molar-refractivity contribution in [3.05, 3.63) is 17.6 Å². The minimum Gasteiger partial charge on any atom is -0.354 e. The summed E-state index contributed by atoms with van der Waals surface area (Å²) < 4.78 is 0. The zero-order chi connectivity index (χ0) is 17.8. The van der Waals surface area contributed by atoms with E-state index in [0.717, 1.165) is 64.3 Å². The Balaban J connectivity index is 1.78. The minimum atomic E-state index is 0.0745. The molecule has 0 saturated carbocycles. The van der Waals surface area contributed by atoms with Gasteiger partial charge in [0.2, 0.25) is 0 Å². The lowest BCUT2D eigenvalue weighted by Crippen LogP contribution is -2.47. The highest BCUT2D eigenvalue weighted by Gasteiger charge is 2.28. The average Bonchev–Trinajstić information content (AvgIpc) is 2.67. The number of aryl methyl sites for hydroxylation is 1. The first kappa shape index (κ1) is 18.1. The molecule has 0 aromatic carbocycles. The van der Waals surface area contributed by atoms with Crippen LogP contribution in [-0.2, 0) is 0 Å². The van der Waals surface area contributed by atoms with Gasteiger partial charge in [-0.05, 0) is 39.2 Å². The van der Waals surface area contributed by atoms with Crippen LogP contribution >= 0.6 is 0 Å². The summed E-state index contributed by atoms with van der Waals surface area (Å²) in [5.74, 6) is 1.66. The summed E-state index contributed by atoms with van der Waals surface area (Å²) in [5.41, 5.74) is 0.556. The van der Waals surface area contributed by atoms with Gasteiger partial charge in [-0.25, -0.2) is 9.97 Å². The van der Waals surface area contributed by atoms with Gasteiger partial charge in [0.05, 0.1) is 0 Å². The number of likely N-dealkylation sites (tertiary alicyclic amines) is 1. The molecule has 0 aliphatic carbocycles. The van der Waals surface area contributed by atoms with Crippen molar-refractivity contribution in [2.75, 3.05) is 44.2 Å². The van der Waals surface area contributed by atoms with Crippen molar-refractivity contribution in [2.45, 2.75) is 52.5 Å². The van der Waals surface area contributed by atoms with E-state index in [4.69, 9.17) is 0 Å². The number of amides is 1. The highest BCUT2D eigenvalue weighted by atomic mass is 16.2. The van der Waals surface area contributed by atoms with Crippen LogP contribution in [0, 0.1) is 6.92 Å². The Hall–Kier alpha value is -1.69. The van der Waals surface area contributed by atoms with Gasteiger partial charge in [0.25, 0.3) is 5.91 Å². The van der Waals surface area contributed by atoms with Gasteiger partial charge < -0.3 is 14.7 Å². The zero-order valence-corrected chi connectivity index (χ0v) is 15.9. The molecule has 6 nitrogen and oxygen atoms in total. The third-order valence-electron chi connectivity index (χ3n) is 5.55. The number of nitrogens with zero attached hydrogens (tertiary/aromatic N) is 5. The van der Waals surface area contributed by atoms with Crippen LogP contribution < -0.4 is 4.90 Å². The first-order chi connectivity index (χ1) is 12.1. The standard InChI is InChI=1S/C19H31N5O/c1-4-16-8-6-7-9-24(16)19(25)17-14-18(21-15(3)20-17)23-12-10-22(5-2)11-13-23/h14,16H,4-13H2,1-3H3. The van der Waals surface area contributed by atoms with Gasteiger partial charge in [0, 0.05) is 44.8 Å². The Morgan fingerprint density at radius 1 is 1.12 bits per heavy atom. The summed E-state index contributed by atoms with van der Waals surface area (Å²) in [4.78, 5) is 28.9. The molecule has 3 rings (SSSR count). The molecule has 0 spiro atoms. The number of rotatable bonds is 4. The number of likely N-dealkylation sites (N-methyl/N-ethyl adjacent to an activating group) is 1. The maximum Gasteiger partial charge on any atom is 0.272 e. The van der Waals surface area contributed by atoms with E-state index in [-0.39, 0.29) is 5.91 Å². The lowest BCUT2D eigenvalue weighted by Gasteiger charge is -2.36. The van der Waals surface area contributed by atoms with Crippen LogP contribution in [0.3, 0.4) is 0 Å². The molecule has 0 radical (unpaired) electrons. The Morgan fingerprint density at radius 2 is 1.88 bits per heavy atom. The van der Waals surface area contributed by atoms with E-state index in [9.17, 15) is 4.79 Å². The van der Waals surface area contributed by atoms with Crippen LogP contribution in [0.25, 0.3) is 0 Å². The van der Waals surface area contributed by atoms with Crippen LogP contribution in [0.2, 0.25) is 0 Å². The maximum atomic E-state index is 13.1. The zero-order valence-electron chi connectivity index (χ0n) is 15.9. The van der Waals surface area contributed by atoms with E-state index in [2.05, 4.69) is 33.6 Å². The summed E-state index contributed by atoms with van der Waals surface area (Å²) in [7, 11) is 0. The van der Waals surface area contributed by atoms with Crippen LogP contribution in [0.15, 0.2) is 6.07 Å². The molecule has 25 heavy (non-hydrogen) atoms. The second kappa shape index (κ2) is 8.13. The Morgan fingerprint density at radius 3 is 2.56 bits per heavy atom. The second-order valence-electron chi connectivity index (χ2n) is 7.14. The fourth-order valence-corrected chi connectivity index (χ4v) is 3.96. The first-order valence-corrected chi connectivity index (χ1v) is 9.76. The molecule has 1 unspecified atom stereocenters. The van der Waals surface area contributed by atoms with Crippen molar-refractivity contribution in [2.24, 2.45) is 0 Å². The van der Waals surface area contributed by atoms with E-state index < -0.39 is 0 Å². The average molecular weight is 345 g/mol. The summed E-state index contributed by atoms with van der Waals surface area (Å²) in [5, 5.41) is 0. The highest BCUT2D eigenvalue weighted by Crippen LogP contribution is 2.23. The van der Waals surface area contributed by atoms with Crippen molar-refractivity contribution in [3.63, 3.8) is 0 Å². The maximum absolute atomic E-state index is 13.1. The summed E-state index contributed by atoms with van der Waals surface area (Å²) >= 11 is 0. The Bertz CT molecular complexity index is 597. The molecule has 2 saturated heterocycles. The third-order valence-corrected chi connectivity index (χ3v) is 5.55. The van der Waals surface area contributed by atoms with Crippen molar-refractivity contribution in [3.8, 4) is 0 Å². The fraction of sp³-hybridized carbons (Fsp3) is 0.737. The van der Waals surface area contributed by atoms with Crippen LogP contribution in [0.4, 0.5) is 5.82 Å². The number of anilines is 1. The SMILES string of the molecule is CCC1CCCCN1C(=O)c1cc(N2CCN(CC)CC2)nc(C)n1. The van der Waals surface area contributed by atoms with Crippen molar-refractivity contribution in [1.82, 2.24) is 19.8 Å². The summed E-state index contributed by atoms with van der Waals surface area (Å²) in [6.45, 7) is 12.2. The van der Waals surface area contributed by atoms with E-state index in [1.54, 1.807) is 0 Å². The van der Waals surface area contributed by atoms with Crippen LogP contribution in [0.5, 0.6) is 0 Å². The largest absolute Gasteiger partial charge is 0.354 e. The van der Waals surface area contributed by atoms with Gasteiger partial charge >= 0.3 is 0 Å². The molecule has 3 heterocycles. The number of carbonyl (C=O) groups is 1. The smallest absolute Gasteiger partial charge is 0.272 e. The molecule has 2 fully saturated rings. The number of carbonyl (C=O) groups excluding carboxylic acids is 1. The first-order valence-electron chi connectivity index (χ1n) is 9.76. The van der Waals surface area contributed by atoms with Crippen LogP contribution in [0.1, 0.15) is 55.8 Å². The summed E-state index contributed by atoms with van der Waals surface area (Å²) in [6, 6.07) is 2.26. The minimum absolute atomic E-state index is 0.0745. The Kier molecular flexibility index (Phi) is 5.89. The molecule has 2 aliphatic rings. The number of hydrogen-bond donors (Lipinski definition) is 0.